The SMILES string of the molecule is FC(F)(F)OBc1cc[c]cc1. The van der Waals surface area contributed by atoms with Crippen molar-refractivity contribution in [2.75, 3.05) is 0 Å². The average molecular weight is 173 g/mol. The minimum Gasteiger partial charge on any atom is -0.353 e. The van der Waals surface area contributed by atoms with Gasteiger partial charge in [0.25, 0.3) is 0 Å². The first-order valence-corrected chi connectivity index (χ1v) is 3.23. The van der Waals surface area contributed by atoms with Crippen LogP contribution in [-0.4, -0.2) is 13.8 Å². The minimum absolute atomic E-state index is 0.446. The molecule has 0 saturated carbocycles. The fourth-order valence-corrected chi connectivity index (χ4v) is 0.683. The summed E-state index contributed by atoms with van der Waals surface area (Å²) in [6.07, 6.45) is -4.56. The molecule has 0 aromatic heterocycles. The van der Waals surface area contributed by atoms with Crippen LogP contribution in [-0.2, 0) is 4.65 Å². The van der Waals surface area contributed by atoms with Gasteiger partial charge < -0.3 is 4.65 Å². The predicted octanol–water partition coefficient (Wildman–Crippen LogP) is 1.000. The van der Waals surface area contributed by atoms with Crippen LogP contribution in [0.2, 0.25) is 0 Å². The third-order valence-corrected chi connectivity index (χ3v) is 1.19. The van der Waals surface area contributed by atoms with E-state index in [1.807, 2.05) is 0 Å². The van der Waals surface area contributed by atoms with Gasteiger partial charge >= 0.3 is 13.8 Å². The summed E-state index contributed by atoms with van der Waals surface area (Å²) in [6.45, 7) is 0. The molecule has 0 spiro atoms. The molecule has 1 radical (unpaired) electrons. The lowest BCUT2D eigenvalue weighted by Gasteiger charge is -2.05. The van der Waals surface area contributed by atoms with E-state index in [9.17, 15) is 13.2 Å². The predicted molar refractivity (Wildman–Crippen MR) is 39.2 cm³/mol. The molecule has 5 heteroatoms. The monoisotopic (exact) mass is 173 g/mol. The van der Waals surface area contributed by atoms with Crippen LogP contribution in [0.25, 0.3) is 0 Å². The topological polar surface area (TPSA) is 9.23 Å². The summed E-state index contributed by atoms with van der Waals surface area (Å²) in [5, 5.41) is 0. The van der Waals surface area contributed by atoms with E-state index >= 15 is 0 Å². The second-order valence-corrected chi connectivity index (χ2v) is 2.14. The Morgan fingerprint density at radius 3 is 2.33 bits per heavy atom. The third kappa shape index (κ3) is 3.43. The lowest BCUT2D eigenvalue weighted by Crippen LogP contribution is -2.25. The van der Waals surface area contributed by atoms with Crippen LogP contribution < -0.4 is 5.46 Å². The molecule has 12 heavy (non-hydrogen) atoms. The van der Waals surface area contributed by atoms with E-state index in [1.54, 1.807) is 0 Å². The molecular formula is C7H5BF3O. The summed E-state index contributed by atoms with van der Waals surface area (Å²) in [5.41, 5.74) is 0.478. The number of hydrogen-bond acceptors (Lipinski definition) is 1. The molecule has 1 aromatic rings. The summed E-state index contributed by atoms with van der Waals surface area (Å²) < 4.78 is 38.1. The van der Waals surface area contributed by atoms with Crippen molar-refractivity contribution in [3.05, 3.63) is 30.3 Å². The van der Waals surface area contributed by atoms with E-state index in [1.165, 1.54) is 24.3 Å². The van der Waals surface area contributed by atoms with Gasteiger partial charge in [-0.3, -0.25) is 0 Å². The van der Waals surface area contributed by atoms with Gasteiger partial charge in [0.05, 0.1) is 0 Å². The number of alkyl halides is 3. The van der Waals surface area contributed by atoms with Crippen molar-refractivity contribution < 1.29 is 17.8 Å². The molecule has 0 bridgehead atoms. The summed E-state index contributed by atoms with van der Waals surface area (Å²) in [6, 6.07) is 8.81. The molecule has 0 fully saturated rings. The Bertz CT molecular complexity index is 234. The highest BCUT2D eigenvalue weighted by Gasteiger charge is 2.28. The maximum Gasteiger partial charge on any atom is 0.508 e. The smallest absolute Gasteiger partial charge is 0.353 e. The van der Waals surface area contributed by atoms with Crippen LogP contribution in [0, 0.1) is 6.07 Å². The van der Waals surface area contributed by atoms with Crippen molar-refractivity contribution in [3.63, 3.8) is 0 Å². The molecule has 0 aliphatic carbocycles. The zero-order valence-electron chi connectivity index (χ0n) is 6.06. The largest absolute Gasteiger partial charge is 0.508 e. The van der Waals surface area contributed by atoms with Crippen LogP contribution in [0.4, 0.5) is 13.2 Å². The highest BCUT2D eigenvalue weighted by molar-refractivity contribution is 6.46. The molecule has 0 aliphatic rings. The molecule has 1 aromatic carbocycles. The van der Waals surface area contributed by atoms with Crippen LogP contribution in [0.15, 0.2) is 24.3 Å². The van der Waals surface area contributed by atoms with Crippen LogP contribution in [0.3, 0.4) is 0 Å². The van der Waals surface area contributed by atoms with E-state index in [-0.39, 0.29) is 0 Å². The van der Waals surface area contributed by atoms with Crippen molar-refractivity contribution in [1.29, 1.82) is 0 Å². The molecule has 1 rings (SSSR count). The number of hydrogen-bond donors (Lipinski definition) is 0. The average Bonchev–Trinajstić information content (AvgIpc) is 2.02. The number of benzene rings is 1. The fraction of sp³-hybridized carbons (Fsp3) is 0.143. The molecule has 0 saturated heterocycles. The van der Waals surface area contributed by atoms with Gasteiger partial charge in [0.1, 0.15) is 0 Å². The second kappa shape index (κ2) is 3.62. The van der Waals surface area contributed by atoms with E-state index in [0.29, 0.717) is 5.46 Å². The van der Waals surface area contributed by atoms with E-state index < -0.39 is 13.8 Å². The van der Waals surface area contributed by atoms with Gasteiger partial charge in [-0.1, -0.05) is 29.7 Å². The Labute approximate surface area is 68.4 Å². The van der Waals surface area contributed by atoms with Crippen molar-refractivity contribution in [2.24, 2.45) is 0 Å². The minimum atomic E-state index is -4.56. The maximum absolute atomic E-state index is 11.5. The van der Waals surface area contributed by atoms with Crippen molar-refractivity contribution >= 4 is 12.9 Å². The van der Waals surface area contributed by atoms with Crippen LogP contribution in [0.1, 0.15) is 0 Å². The van der Waals surface area contributed by atoms with Gasteiger partial charge in [-0.25, -0.2) is 0 Å². The molecule has 0 unspecified atom stereocenters. The van der Waals surface area contributed by atoms with Crippen LogP contribution in [0.5, 0.6) is 0 Å². The quantitative estimate of drug-likeness (QED) is 0.606. The Morgan fingerprint density at radius 2 is 1.83 bits per heavy atom. The van der Waals surface area contributed by atoms with E-state index in [0.717, 1.165) is 0 Å². The summed E-state index contributed by atoms with van der Waals surface area (Å²) in [5.74, 6) is 0. The first-order chi connectivity index (χ1) is 5.58. The molecule has 1 nitrogen and oxygen atoms in total. The standard InChI is InChI=1S/C7H5BF3O/c9-7(10,11)12-8-6-4-2-1-3-5-6/h2-5,8H. The van der Waals surface area contributed by atoms with Gasteiger partial charge in [-0.2, -0.15) is 0 Å². The highest BCUT2D eigenvalue weighted by Crippen LogP contribution is 2.14. The Kier molecular flexibility index (Phi) is 2.76. The first-order valence-electron chi connectivity index (χ1n) is 3.23. The highest BCUT2D eigenvalue weighted by atomic mass is 19.4. The van der Waals surface area contributed by atoms with Gasteiger partial charge in [0, 0.05) is 0 Å². The number of rotatable bonds is 2. The third-order valence-electron chi connectivity index (χ3n) is 1.19. The first kappa shape index (κ1) is 9.13. The summed E-state index contributed by atoms with van der Waals surface area (Å²) in [4.78, 5) is 0. The van der Waals surface area contributed by atoms with E-state index in [4.69, 9.17) is 0 Å². The maximum atomic E-state index is 11.5. The normalized spacial score (nSPS) is 11.2. The van der Waals surface area contributed by atoms with Gasteiger partial charge in [0.15, 0.2) is 0 Å². The van der Waals surface area contributed by atoms with E-state index in [2.05, 4.69) is 10.7 Å². The summed E-state index contributed by atoms with van der Waals surface area (Å²) in [7, 11) is -0.446. The fourth-order valence-electron chi connectivity index (χ4n) is 0.683. The van der Waals surface area contributed by atoms with Crippen LogP contribution >= 0.6 is 0 Å². The molecule has 0 atom stereocenters. The lowest BCUT2D eigenvalue weighted by molar-refractivity contribution is -0.275. The zero-order valence-corrected chi connectivity index (χ0v) is 6.06. The molecule has 0 amide bonds. The second-order valence-electron chi connectivity index (χ2n) is 2.14. The molecule has 0 aliphatic heterocycles. The Balaban J connectivity index is 2.44. The van der Waals surface area contributed by atoms with Crippen molar-refractivity contribution in [3.8, 4) is 0 Å². The number of halogens is 3. The summed E-state index contributed by atoms with van der Waals surface area (Å²) >= 11 is 0. The lowest BCUT2D eigenvalue weighted by atomic mass is 9.88. The van der Waals surface area contributed by atoms with Crippen molar-refractivity contribution in [2.45, 2.75) is 6.36 Å². The molecular weight excluding hydrogens is 168 g/mol. The molecule has 0 heterocycles. The van der Waals surface area contributed by atoms with Gasteiger partial charge in [0.2, 0.25) is 0 Å². The van der Waals surface area contributed by atoms with Crippen molar-refractivity contribution in [1.82, 2.24) is 0 Å². The van der Waals surface area contributed by atoms with Gasteiger partial charge in [-0.15, -0.1) is 13.2 Å². The van der Waals surface area contributed by atoms with Gasteiger partial charge in [-0.05, 0) is 6.07 Å². The Morgan fingerprint density at radius 1 is 1.25 bits per heavy atom. The zero-order chi connectivity index (χ0) is 9.03. The molecule has 0 N–H and O–H groups in total. The Hall–Kier alpha value is -0.965. The molecule has 63 valence electrons.